The van der Waals surface area contributed by atoms with E-state index in [-0.39, 0.29) is 11.6 Å². The number of aromatic nitrogens is 1. The number of carbonyl (C=O) groups is 1. The standard InChI is InChI=1S/C21H17ClFN3O/c1-12-7-13(2)19-14(8-12)9-15(20(22)26-19)10-16(11-24)21(27)25-18-5-3-17(23)4-6-18/h3-9,16H,10H2,1-2H3,(H,25,27)/t16-/m0/s1. The number of hydrogen-bond acceptors (Lipinski definition) is 3. The van der Waals surface area contributed by atoms with Crippen molar-refractivity contribution in [3.63, 3.8) is 0 Å². The molecule has 4 nitrogen and oxygen atoms in total. The fourth-order valence-electron chi connectivity index (χ4n) is 3.00. The van der Waals surface area contributed by atoms with E-state index in [1.54, 1.807) is 0 Å². The van der Waals surface area contributed by atoms with Gasteiger partial charge in [0, 0.05) is 17.5 Å². The second-order valence-electron chi connectivity index (χ2n) is 6.47. The second kappa shape index (κ2) is 7.73. The smallest absolute Gasteiger partial charge is 0.242 e. The van der Waals surface area contributed by atoms with Gasteiger partial charge in [0.25, 0.3) is 0 Å². The number of nitrogens with zero attached hydrogens (tertiary/aromatic N) is 2. The largest absolute Gasteiger partial charge is 0.325 e. The number of rotatable bonds is 4. The minimum Gasteiger partial charge on any atom is -0.325 e. The Bertz CT molecular complexity index is 1060. The van der Waals surface area contributed by atoms with Crippen molar-refractivity contribution in [2.75, 3.05) is 5.32 Å². The van der Waals surface area contributed by atoms with Crippen LogP contribution in [0, 0.1) is 36.9 Å². The number of nitriles is 1. The molecule has 0 aliphatic rings. The van der Waals surface area contributed by atoms with Gasteiger partial charge in [0.2, 0.25) is 5.91 Å². The van der Waals surface area contributed by atoms with E-state index in [2.05, 4.69) is 10.3 Å². The number of halogens is 2. The molecule has 1 atom stereocenters. The molecule has 0 spiro atoms. The number of hydrogen-bond donors (Lipinski definition) is 1. The Morgan fingerprint density at radius 2 is 1.96 bits per heavy atom. The Hall–Kier alpha value is -2.97. The fourth-order valence-corrected chi connectivity index (χ4v) is 3.21. The van der Waals surface area contributed by atoms with E-state index in [0.717, 1.165) is 22.0 Å². The van der Waals surface area contributed by atoms with Crippen molar-refractivity contribution in [1.29, 1.82) is 5.26 Å². The highest BCUT2D eigenvalue weighted by molar-refractivity contribution is 6.30. The predicted molar refractivity (Wildman–Crippen MR) is 104 cm³/mol. The van der Waals surface area contributed by atoms with Crippen molar-refractivity contribution >= 4 is 34.1 Å². The molecule has 1 aromatic heterocycles. The SMILES string of the molecule is Cc1cc(C)c2nc(Cl)c(C[C@@H](C#N)C(=O)Nc3ccc(F)cc3)cc2c1. The zero-order chi connectivity index (χ0) is 19.6. The van der Waals surface area contributed by atoms with E-state index in [1.165, 1.54) is 24.3 Å². The molecule has 0 fully saturated rings. The second-order valence-corrected chi connectivity index (χ2v) is 6.83. The number of amides is 1. The summed E-state index contributed by atoms with van der Waals surface area (Å²) in [5.41, 5.74) is 3.98. The van der Waals surface area contributed by atoms with E-state index in [9.17, 15) is 14.4 Å². The molecule has 136 valence electrons. The van der Waals surface area contributed by atoms with Crippen LogP contribution in [0.4, 0.5) is 10.1 Å². The molecule has 27 heavy (non-hydrogen) atoms. The topological polar surface area (TPSA) is 65.8 Å². The molecule has 0 radical (unpaired) electrons. The summed E-state index contributed by atoms with van der Waals surface area (Å²) in [7, 11) is 0. The molecule has 3 rings (SSSR count). The van der Waals surface area contributed by atoms with Crippen LogP contribution >= 0.6 is 11.6 Å². The first kappa shape index (κ1) is 18.8. The number of aryl methyl sites for hydroxylation is 2. The van der Waals surface area contributed by atoms with Gasteiger partial charge >= 0.3 is 0 Å². The summed E-state index contributed by atoms with van der Waals surface area (Å²) in [6.45, 7) is 3.96. The average molecular weight is 382 g/mol. The molecule has 1 heterocycles. The van der Waals surface area contributed by atoms with Crippen molar-refractivity contribution in [1.82, 2.24) is 4.98 Å². The van der Waals surface area contributed by atoms with Gasteiger partial charge in [-0.1, -0.05) is 23.2 Å². The molecular weight excluding hydrogens is 365 g/mol. The van der Waals surface area contributed by atoms with Gasteiger partial charge in [0.15, 0.2) is 0 Å². The van der Waals surface area contributed by atoms with E-state index < -0.39 is 17.6 Å². The van der Waals surface area contributed by atoms with E-state index >= 15 is 0 Å². The molecule has 0 bridgehead atoms. The first-order chi connectivity index (χ1) is 12.9. The van der Waals surface area contributed by atoms with E-state index in [1.807, 2.05) is 38.1 Å². The monoisotopic (exact) mass is 381 g/mol. The number of fused-ring (bicyclic) bond motifs is 1. The lowest BCUT2D eigenvalue weighted by atomic mass is 9.98. The molecule has 1 amide bonds. The number of pyridine rings is 1. The first-order valence-electron chi connectivity index (χ1n) is 8.40. The van der Waals surface area contributed by atoms with Crippen molar-refractivity contribution in [2.45, 2.75) is 20.3 Å². The summed E-state index contributed by atoms with van der Waals surface area (Å²) in [4.78, 5) is 16.9. The molecule has 2 aromatic carbocycles. The molecule has 1 N–H and O–H groups in total. The predicted octanol–water partition coefficient (Wildman–Crippen LogP) is 4.97. The first-order valence-corrected chi connectivity index (χ1v) is 8.77. The third kappa shape index (κ3) is 4.24. The van der Waals surface area contributed by atoms with Crippen LogP contribution in [0.15, 0.2) is 42.5 Å². The maximum Gasteiger partial charge on any atom is 0.242 e. The van der Waals surface area contributed by atoms with E-state index in [4.69, 9.17) is 11.6 Å². The summed E-state index contributed by atoms with van der Waals surface area (Å²) in [5, 5.41) is 13.3. The molecule has 0 aliphatic carbocycles. The molecule has 3 aromatic rings. The maximum absolute atomic E-state index is 13.0. The quantitative estimate of drug-likeness (QED) is 0.649. The Morgan fingerprint density at radius 1 is 1.26 bits per heavy atom. The lowest BCUT2D eigenvalue weighted by molar-refractivity contribution is -0.118. The molecule has 6 heteroatoms. The van der Waals surface area contributed by atoms with Crippen LogP contribution in [0.2, 0.25) is 5.15 Å². The lowest BCUT2D eigenvalue weighted by Gasteiger charge is -2.13. The third-order valence-electron chi connectivity index (χ3n) is 4.29. The number of carbonyl (C=O) groups excluding carboxylic acids is 1. The summed E-state index contributed by atoms with van der Waals surface area (Å²) >= 11 is 6.30. The van der Waals surface area contributed by atoms with Gasteiger partial charge in [-0.2, -0.15) is 5.26 Å². The summed E-state index contributed by atoms with van der Waals surface area (Å²) in [5.74, 6) is -1.82. The van der Waals surface area contributed by atoms with Crippen LogP contribution in [0.1, 0.15) is 16.7 Å². The normalized spacial score (nSPS) is 11.8. The highest BCUT2D eigenvalue weighted by atomic mass is 35.5. The van der Waals surface area contributed by atoms with Gasteiger partial charge in [-0.3, -0.25) is 4.79 Å². The number of nitrogens with one attached hydrogen (secondary N) is 1. The van der Waals surface area contributed by atoms with Crippen molar-refractivity contribution in [3.8, 4) is 6.07 Å². The molecule has 0 unspecified atom stereocenters. The molecule has 0 aliphatic heterocycles. The van der Waals surface area contributed by atoms with Crippen LogP contribution < -0.4 is 5.32 Å². The Balaban J connectivity index is 1.85. The van der Waals surface area contributed by atoms with Gasteiger partial charge in [-0.25, -0.2) is 9.37 Å². The van der Waals surface area contributed by atoms with Gasteiger partial charge in [-0.05, 0) is 61.4 Å². The fraction of sp³-hybridized carbons (Fsp3) is 0.190. The zero-order valence-corrected chi connectivity index (χ0v) is 15.6. The number of benzene rings is 2. The van der Waals surface area contributed by atoms with Crippen molar-refractivity contribution in [2.24, 2.45) is 5.92 Å². The molecule has 0 saturated heterocycles. The van der Waals surface area contributed by atoms with Gasteiger partial charge in [-0.15, -0.1) is 0 Å². The molecule has 0 saturated carbocycles. The Morgan fingerprint density at radius 3 is 2.63 bits per heavy atom. The summed E-state index contributed by atoms with van der Waals surface area (Å²) < 4.78 is 13.0. The van der Waals surface area contributed by atoms with Gasteiger partial charge in [0.1, 0.15) is 16.9 Å². The highest BCUT2D eigenvalue weighted by Gasteiger charge is 2.21. The zero-order valence-electron chi connectivity index (χ0n) is 14.9. The highest BCUT2D eigenvalue weighted by Crippen LogP contribution is 2.26. The van der Waals surface area contributed by atoms with Crippen LogP contribution in [0.25, 0.3) is 10.9 Å². The number of anilines is 1. The van der Waals surface area contributed by atoms with Crippen molar-refractivity contribution < 1.29 is 9.18 Å². The van der Waals surface area contributed by atoms with Gasteiger partial charge in [0.05, 0.1) is 11.6 Å². The Labute approximate surface area is 161 Å². The summed E-state index contributed by atoms with van der Waals surface area (Å²) in [6, 6.07) is 13.3. The van der Waals surface area contributed by atoms with Crippen LogP contribution in [-0.2, 0) is 11.2 Å². The minimum absolute atomic E-state index is 0.137. The Kier molecular flexibility index (Phi) is 5.38. The van der Waals surface area contributed by atoms with Crippen LogP contribution in [0.5, 0.6) is 0 Å². The summed E-state index contributed by atoms with van der Waals surface area (Å²) in [6.07, 6.45) is 0.137. The van der Waals surface area contributed by atoms with Crippen molar-refractivity contribution in [3.05, 3.63) is 70.1 Å². The van der Waals surface area contributed by atoms with Crippen LogP contribution in [0.3, 0.4) is 0 Å². The molecular formula is C21H17ClFN3O. The van der Waals surface area contributed by atoms with Gasteiger partial charge < -0.3 is 5.32 Å². The average Bonchev–Trinajstić information content (AvgIpc) is 2.62. The van der Waals surface area contributed by atoms with Crippen LogP contribution in [-0.4, -0.2) is 10.9 Å². The lowest BCUT2D eigenvalue weighted by Crippen LogP contribution is -2.23. The maximum atomic E-state index is 13.0. The minimum atomic E-state index is -0.947. The van der Waals surface area contributed by atoms with E-state index in [0.29, 0.717) is 11.3 Å². The third-order valence-corrected chi connectivity index (χ3v) is 4.61.